The van der Waals surface area contributed by atoms with Crippen molar-refractivity contribution in [1.29, 1.82) is 0 Å². The maximum Gasteiger partial charge on any atom is 0.446 e. The molecule has 4 nitrogen and oxygen atoms in total. The Kier molecular flexibility index (Phi) is 9.01. The minimum absolute atomic E-state index is 0.0704. The maximum atomic E-state index is 12.4. The van der Waals surface area contributed by atoms with Crippen LogP contribution in [0.4, 0.5) is 13.2 Å². The summed E-state index contributed by atoms with van der Waals surface area (Å²) in [5.41, 5.74) is -3.78. The molecule has 0 heterocycles. The second-order valence-electron chi connectivity index (χ2n) is 6.12. The number of thioether (sulfide) groups is 1. The van der Waals surface area contributed by atoms with Gasteiger partial charge in [-0.2, -0.15) is 13.2 Å². The standard InChI is InChI=1S/C18H25F3N2O2S/c1-4-22-12(2)8-9-16(24)13(3)17(25)23-11-14-6-5-7-15(10-14)26-18(19,20)21/h4-7,10,12-13,16,22,24H,1,8-9,11H2,2-3H3,(H,23,25). The van der Waals surface area contributed by atoms with Crippen molar-refractivity contribution < 1.29 is 23.1 Å². The van der Waals surface area contributed by atoms with Gasteiger partial charge < -0.3 is 15.7 Å². The molecule has 8 heteroatoms. The largest absolute Gasteiger partial charge is 0.446 e. The Morgan fingerprint density at radius 2 is 2.04 bits per heavy atom. The Labute approximate surface area is 156 Å². The van der Waals surface area contributed by atoms with Gasteiger partial charge in [0.15, 0.2) is 0 Å². The van der Waals surface area contributed by atoms with Crippen LogP contribution in [0.3, 0.4) is 0 Å². The van der Waals surface area contributed by atoms with Gasteiger partial charge in [0.2, 0.25) is 5.91 Å². The molecule has 1 aromatic carbocycles. The fourth-order valence-electron chi connectivity index (χ4n) is 2.33. The first-order valence-corrected chi connectivity index (χ1v) is 9.11. The van der Waals surface area contributed by atoms with Gasteiger partial charge >= 0.3 is 5.51 Å². The van der Waals surface area contributed by atoms with Crippen LogP contribution >= 0.6 is 11.8 Å². The third-order valence-corrected chi connectivity index (χ3v) is 4.61. The summed E-state index contributed by atoms with van der Waals surface area (Å²) in [6, 6.07) is 6.06. The quantitative estimate of drug-likeness (QED) is 0.532. The number of hydrogen-bond donors (Lipinski definition) is 3. The molecule has 0 radical (unpaired) electrons. The molecule has 146 valence electrons. The van der Waals surface area contributed by atoms with Gasteiger partial charge in [-0.25, -0.2) is 0 Å². The van der Waals surface area contributed by atoms with Crippen molar-refractivity contribution in [2.75, 3.05) is 0 Å². The molecule has 0 aliphatic carbocycles. The average molecular weight is 390 g/mol. The zero-order valence-electron chi connectivity index (χ0n) is 14.8. The van der Waals surface area contributed by atoms with E-state index in [-0.39, 0.29) is 35.2 Å². The number of benzene rings is 1. The van der Waals surface area contributed by atoms with Crippen LogP contribution in [0.1, 0.15) is 32.3 Å². The second kappa shape index (κ2) is 10.5. The van der Waals surface area contributed by atoms with Crippen molar-refractivity contribution in [2.45, 2.75) is 55.8 Å². The van der Waals surface area contributed by atoms with Crippen LogP contribution in [0, 0.1) is 5.92 Å². The number of aliphatic hydroxyl groups is 1. The fourth-order valence-corrected chi connectivity index (χ4v) is 2.96. The van der Waals surface area contributed by atoms with Crippen LogP contribution in [0.5, 0.6) is 0 Å². The normalized spacial score (nSPS) is 15.0. The zero-order chi connectivity index (χ0) is 19.7. The lowest BCUT2D eigenvalue weighted by molar-refractivity contribution is -0.128. The van der Waals surface area contributed by atoms with Gasteiger partial charge in [-0.3, -0.25) is 4.79 Å². The van der Waals surface area contributed by atoms with Crippen molar-refractivity contribution in [3.8, 4) is 0 Å². The van der Waals surface area contributed by atoms with E-state index in [4.69, 9.17) is 0 Å². The third kappa shape index (κ3) is 8.62. The molecular weight excluding hydrogens is 365 g/mol. The van der Waals surface area contributed by atoms with E-state index in [1.165, 1.54) is 18.2 Å². The Balaban J connectivity index is 2.49. The van der Waals surface area contributed by atoms with Crippen LogP contribution in [-0.2, 0) is 11.3 Å². The van der Waals surface area contributed by atoms with E-state index >= 15 is 0 Å². The number of nitrogens with one attached hydrogen (secondary N) is 2. The SMILES string of the molecule is C=CNC(C)CCC(O)C(C)C(=O)NCc1cccc(SC(F)(F)F)c1. The second-order valence-corrected chi connectivity index (χ2v) is 7.26. The molecule has 1 amide bonds. The molecule has 3 N–H and O–H groups in total. The Morgan fingerprint density at radius 1 is 1.35 bits per heavy atom. The smallest absolute Gasteiger partial charge is 0.392 e. The van der Waals surface area contributed by atoms with Gasteiger partial charge in [0.05, 0.1) is 12.0 Å². The van der Waals surface area contributed by atoms with Crippen LogP contribution in [0.15, 0.2) is 41.9 Å². The predicted molar refractivity (Wildman–Crippen MR) is 97.4 cm³/mol. The number of hydrogen-bond acceptors (Lipinski definition) is 4. The molecule has 0 bridgehead atoms. The summed E-state index contributed by atoms with van der Waals surface area (Å²) >= 11 is -0.192. The highest BCUT2D eigenvalue weighted by molar-refractivity contribution is 8.00. The summed E-state index contributed by atoms with van der Waals surface area (Å²) in [6.07, 6.45) is 1.92. The van der Waals surface area contributed by atoms with Gasteiger partial charge in [0, 0.05) is 17.5 Å². The molecule has 1 rings (SSSR count). The summed E-state index contributed by atoms with van der Waals surface area (Å²) in [6.45, 7) is 7.25. The van der Waals surface area contributed by atoms with Crippen LogP contribution < -0.4 is 10.6 Å². The monoisotopic (exact) mass is 390 g/mol. The molecule has 0 spiro atoms. The van der Waals surface area contributed by atoms with E-state index in [0.717, 1.165) is 0 Å². The molecule has 0 aliphatic rings. The van der Waals surface area contributed by atoms with Gasteiger partial charge in [-0.1, -0.05) is 25.6 Å². The summed E-state index contributed by atoms with van der Waals surface area (Å²) in [7, 11) is 0. The van der Waals surface area contributed by atoms with Crippen molar-refractivity contribution >= 4 is 17.7 Å². The molecule has 3 unspecified atom stereocenters. The van der Waals surface area contributed by atoms with E-state index in [1.807, 2.05) is 6.92 Å². The maximum absolute atomic E-state index is 12.4. The lowest BCUT2D eigenvalue weighted by atomic mass is 9.97. The average Bonchev–Trinajstić information content (AvgIpc) is 2.56. The van der Waals surface area contributed by atoms with Crippen molar-refractivity contribution in [2.24, 2.45) is 5.92 Å². The molecule has 0 saturated carbocycles. The van der Waals surface area contributed by atoms with E-state index in [1.54, 1.807) is 19.2 Å². The highest BCUT2D eigenvalue weighted by atomic mass is 32.2. The van der Waals surface area contributed by atoms with Gasteiger partial charge in [-0.15, -0.1) is 0 Å². The number of carbonyl (C=O) groups excluding carboxylic acids is 1. The summed E-state index contributed by atoms with van der Waals surface area (Å²) < 4.78 is 37.2. The summed E-state index contributed by atoms with van der Waals surface area (Å²) in [5, 5.41) is 15.8. The molecular formula is C18H25F3N2O2S. The van der Waals surface area contributed by atoms with Gasteiger partial charge in [0.25, 0.3) is 0 Å². The number of amides is 1. The number of rotatable bonds is 10. The Hall–Kier alpha value is -1.67. The molecule has 3 atom stereocenters. The van der Waals surface area contributed by atoms with Crippen LogP contribution in [0.2, 0.25) is 0 Å². The van der Waals surface area contributed by atoms with Gasteiger partial charge in [-0.05, 0) is 55.4 Å². The molecule has 0 aromatic heterocycles. The lowest BCUT2D eigenvalue weighted by Gasteiger charge is -2.20. The number of aliphatic hydroxyl groups excluding tert-OH is 1. The molecule has 0 aliphatic heterocycles. The van der Waals surface area contributed by atoms with Crippen LogP contribution in [-0.4, -0.2) is 28.7 Å². The third-order valence-electron chi connectivity index (χ3n) is 3.89. The first-order valence-electron chi connectivity index (χ1n) is 8.29. The van der Waals surface area contributed by atoms with E-state index in [2.05, 4.69) is 17.2 Å². The first-order chi connectivity index (χ1) is 12.1. The minimum Gasteiger partial charge on any atom is -0.392 e. The minimum atomic E-state index is -4.35. The number of alkyl halides is 3. The summed E-state index contributed by atoms with van der Waals surface area (Å²) in [4.78, 5) is 12.2. The number of carbonyl (C=O) groups is 1. The lowest BCUT2D eigenvalue weighted by Crippen LogP contribution is -2.36. The van der Waals surface area contributed by atoms with Crippen molar-refractivity contribution in [1.82, 2.24) is 10.6 Å². The molecule has 0 fully saturated rings. The van der Waals surface area contributed by atoms with E-state index < -0.39 is 17.5 Å². The molecule has 26 heavy (non-hydrogen) atoms. The van der Waals surface area contributed by atoms with Crippen molar-refractivity contribution in [3.63, 3.8) is 0 Å². The fraction of sp³-hybridized carbons (Fsp3) is 0.500. The zero-order valence-corrected chi connectivity index (χ0v) is 15.7. The highest BCUT2D eigenvalue weighted by Crippen LogP contribution is 2.36. The predicted octanol–water partition coefficient (Wildman–Crippen LogP) is 3.81. The highest BCUT2D eigenvalue weighted by Gasteiger charge is 2.29. The topological polar surface area (TPSA) is 61.4 Å². The first kappa shape index (κ1) is 22.4. The van der Waals surface area contributed by atoms with Gasteiger partial charge in [0.1, 0.15) is 0 Å². The summed E-state index contributed by atoms with van der Waals surface area (Å²) in [5.74, 6) is -0.950. The Morgan fingerprint density at radius 3 is 2.65 bits per heavy atom. The van der Waals surface area contributed by atoms with Crippen molar-refractivity contribution in [3.05, 3.63) is 42.6 Å². The Bertz CT molecular complexity index is 596. The van der Waals surface area contributed by atoms with E-state index in [9.17, 15) is 23.1 Å². The van der Waals surface area contributed by atoms with E-state index in [0.29, 0.717) is 18.4 Å². The number of halogens is 3. The molecule has 1 aromatic rings. The molecule has 0 saturated heterocycles. The van der Waals surface area contributed by atoms with Crippen LogP contribution in [0.25, 0.3) is 0 Å².